The van der Waals surface area contributed by atoms with Crippen LogP contribution in [-0.4, -0.2) is 40.3 Å². The summed E-state index contributed by atoms with van der Waals surface area (Å²) in [6.07, 6.45) is 5.96. The molecule has 144 valence electrons. The normalized spacial score (nSPS) is 18.2. The second-order valence-corrected chi connectivity index (χ2v) is 7.58. The highest BCUT2D eigenvalue weighted by Crippen LogP contribution is 2.34. The molecule has 5 nitrogen and oxygen atoms in total. The maximum absolute atomic E-state index is 14.7. The van der Waals surface area contributed by atoms with Crippen molar-refractivity contribution >= 4 is 17.0 Å². The molecule has 1 aromatic heterocycles. The van der Waals surface area contributed by atoms with Crippen LogP contribution < -0.4 is 4.74 Å². The lowest BCUT2D eigenvalue weighted by Gasteiger charge is -2.24. The minimum absolute atomic E-state index is 0.163. The summed E-state index contributed by atoms with van der Waals surface area (Å²) in [5, 5.41) is 9.80. The first-order valence-corrected chi connectivity index (χ1v) is 9.79. The van der Waals surface area contributed by atoms with E-state index in [0.29, 0.717) is 42.6 Å². The Morgan fingerprint density at radius 3 is 2.70 bits per heavy atom. The van der Waals surface area contributed by atoms with Crippen LogP contribution in [-0.2, 0) is 12.8 Å². The third kappa shape index (κ3) is 3.45. The molecule has 0 atom stereocenters. The summed E-state index contributed by atoms with van der Waals surface area (Å²) in [5.74, 6) is 0.344. The number of rotatable bonds is 2. The number of hydrogen-bond donors (Lipinski definition) is 1. The molecule has 4 rings (SSSR count). The van der Waals surface area contributed by atoms with Gasteiger partial charge in [-0.25, -0.2) is 14.2 Å². The highest BCUT2D eigenvalue weighted by atomic mass is 19.1. The summed E-state index contributed by atoms with van der Waals surface area (Å²) in [6, 6.07) is 3.15. The van der Waals surface area contributed by atoms with E-state index in [1.807, 2.05) is 6.92 Å². The zero-order valence-corrected chi connectivity index (χ0v) is 15.6. The summed E-state index contributed by atoms with van der Waals surface area (Å²) in [6.45, 7) is 2.73. The van der Waals surface area contributed by atoms with Crippen LogP contribution in [0.2, 0.25) is 0 Å². The van der Waals surface area contributed by atoms with Crippen molar-refractivity contribution < 1.29 is 19.0 Å². The molecule has 0 spiro atoms. The molecule has 1 amide bonds. The molecule has 0 bridgehead atoms. The number of pyridine rings is 1. The van der Waals surface area contributed by atoms with E-state index in [4.69, 9.17) is 9.72 Å². The molecule has 1 N–H and O–H groups in total. The molecule has 1 aliphatic carbocycles. The number of hydrogen-bond acceptors (Lipinski definition) is 3. The first-order chi connectivity index (χ1) is 13.0. The van der Waals surface area contributed by atoms with Crippen LogP contribution in [0.25, 0.3) is 10.9 Å². The fourth-order valence-corrected chi connectivity index (χ4v) is 4.37. The molecule has 0 radical (unpaired) electrons. The maximum atomic E-state index is 14.7. The van der Waals surface area contributed by atoms with Gasteiger partial charge < -0.3 is 14.7 Å². The summed E-state index contributed by atoms with van der Waals surface area (Å²) in [4.78, 5) is 17.5. The number of carbonyl (C=O) groups is 1. The number of nitrogens with zero attached hydrogens (tertiary/aromatic N) is 2. The Morgan fingerprint density at radius 2 is 1.96 bits per heavy atom. The van der Waals surface area contributed by atoms with Crippen molar-refractivity contribution in [1.29, 1.82) is 0 Å². The molecule has 27 heavy (non-hydrogen) atoms. The molecule has 0 saturated heterocycles. The monoisotopic (exact) mass is 372 g/mol. The number of aromatic nitrogens is 1. The van der Waals surface area contributed by atoms with Crippen molar-refractivity contribution in [3.63, 3.8) is 0 Å². The third-order valence-electron chi connectivity index (χ3n) is 5.88. The Balaban J connectivity index is 1.76. The highest BCUT2D eigenvalue weighted by molar-refractivity contribution is 5.89. The lowest BCUT2D eigenvalue weighted by molar-refractivity contribution is 0.147. The standard InChI is InChI=1S/C21H25FN2O3/c1-13-15-9-11-24(21(25)26)12-10-17(15)23-20-18(8-7-16(22)19(13)20)27-14-5-3-2-4-6-14/h7-8,14H,2-6,9-12H2,1H3,(H,25,26). The molecule has 2 heterocycles. The molecule has 1 aromatic carbocycles. The molecule has 1 saturated carbocycles. The summed E-state index contributed by atoms with van der Waals surface area (Å²) >= 11 is 0. The largest absolute Gasteiger partial charge is 0.488 e. The molecule has 0 unspecified atom stereocenters. The van der Waals surface area contributed by atoms with E-state index in [1.165, 1.54) is 17.4 Å². The highest BCUT2D eigenvalue weighted by Gasteiger charge is 2.24. The van der Waals surface area contributed by atoms with Crippen LogP contribution >= 0.6 is 0 Å². The molecule has 6 heteroatoms. The molecule has 2 aliphatic rings. The van der Waals surface area contributed by atoms with Gasteiger partial charge in [0.1, 0.15) is 17.1 Å². The number of halogens is 1. The topological polar surface area (TPSA) is 62.7 Å². The maximum Gasteiger partial charge on any atom is 0.407 e. The van der Waals surface area contributed by atoms with Crippen LogP contribution in [0, 0.1) is 12.7 Å². The zero-order valence-electron chi connectivity index (χ0n) is 15.6. The van der Waals surface area contributed by atoms with E-state index >= 15 is 0 Å². The van der Waals surface area contributed by atoms with Crippen molar-refractivity contribution in [2.45, 2.75) is 58.0 Å². The summed E-state index contributed by atoms with van der Waals surface area (Å²) in [5.41, 5.74) is 3.26. The van der Waals surface area contributed by atoms with Gasteiger partial charge in [-0.2, -0.15) is 0 Å². The fraction of sp³-hybridized carbons (Fsp3) is 0.524. The van der Waals surface area contributed by atoms with Gasteiger partial charge >= 0.3 is 6.09 Å². The van der Waals surface area contributed by atoms with Crippen molar-refractivity contribution in [2.75, 3.05) is 13.1 Å². The number of amides is 1. The van der Waals surface area contributed by atoms with Crippen molar-refractivity contribution in [3.8, 4) is 5.75 Å². The smallest absolute Gasteiger partial charge is 0.407 e. The van der Waals surface area contributed by atoms with Crippen LogP contribution in [0.5, 0.6) is 5.75 Å². The number of carboxylic acid groups (broad SMARTS) is 1. The summed E-state index contributed by atoms with van der Waals surface area (Å²) in [7, 11) is 0. The predicted molar refractivity (Wildman–Crippen MR) is 101 cm³/mol. The number of benzene rings is 1. The second kappa shape index (κ2) is 7.33. The van der Waals surface area contributed by atoms with E-state index < -0.39 is 6.09 Å². The number of aryl methyl sites for hydroxylation is 1. The third-order valence-corrected chi connectivity index (χ3v) is 5.88. The predicted octanol–water partition coefficient (Wildman–Crippen LogP) is 4.47. The van der Waals surface area contributed by atoms with Crippen molar-refractivity contribution in [2.24, 2.45) is 0 Å². The molecular formula is C21H25FN2O3. The van der Waals surface area contributed by atoms with Gasteiger partial charge in [0, 0.05) is 30.6 Å². The Morgan fingerprint density at radius 1 is 1.22 bits per heavy atom. The van der Waals surface area contributed by atoms with Gasteiger partial charge in [0.25, 0.3) is 0 Å². The molecule has 1 fully saturated rings. The van der Waals surface area contributed by atoms with E-state index in [9.17, 15) is 14.3 Å². The van der Waals surface area contributed by atoms with Crippen LogP contribution in [0.4, 0.5) is 9.18 Å². The first-order valence-electron chi connectivity index (χ1n) is 9.79. The Kier molecular flexibility index (Phi) is 4.89. The SMILES string of the molecule is Cc1c2c(nc3c(OC4CCCCC4)ccc(F)c13)CCN(C(=O)O)CC2. The fourth-order valence-electron chi connectivity index (χ4n) is 4.37. The molecule has 2 aromatic rings. The van der Waals surface area contributed by atoms with Gasteiger partial charge in [0.15, 0.2) is 0 Å². The number of ether oxygens (including phenoxy) is 1. The first kappa shape index (κ1) is 18.0. The van der Waals surface area contributed by atoms with Gasteiger partial charge in [0.05, 0.1) is 6.10 Å². The average Bonchev–Trinajstić information content (AvgIpc) is 2.88. The van der Waals surface area contributed by atoms with Crippen LogP contribution in [0.1, 0.15) is 48.9 Å². The van der Waals surface area contributed by atoms with Crippen LogP contribution in [0.15, 0.2) is 12.1 Å². The van der Waals surface area contributed by atoms with Crippen LogP contribution in [0.3, 0.4) is 0 Å². The lowest BCUT2D eigenvalue weighted by Crippen LogP contribution is -2.31. The van der Waals surface area contributed by atoms with E-state index in [1.54, 1.807) is 6.07 Å². The molecular weight excluding hydrogens is 347 g/mol. The number of fused-ring (bicyclic) bond motifs is 2. The van der Waals surface area contributed by atoms with Gasteiger partial charge in [-0.3, -0.25) is 0 Å². The minimum Gasteiger partial charge on any atom is -0.488 e. The Bertz CT molecular complexity index is 878. The zero-order chi connectivity index (χ0) is 19.0. The van der Waals surface area contributed by atoms with E-state index in [2.05, 4.69) is 0 Å². The summed E-state index contributed by atoms with van der Waals surface area (Å²) < 4.78 is 20.9. The van der Waals surface area contributed by atoms with Gasteiger partial charge in [0.2, 0.25) is 0 Å². The van der Waals surface area contributed by atoms with Crippen molar-refractivity contribution in [1.82, 2.24) is 9.88 Å². The Labute approximate surface area is 158 Å². The molecule has 1 aliphatic heterocycles. The van der Waals surface area contributed by atoms with E-state index in [0.717, 1.165) is 42.5 Å². The Hall–Kier alpha value is -2.37. The van der Waals surface area contributed by atoms with E-state index in [-0.39, 0.29) is 11.9 Å². The van der Waals surface area contributed by atoms with Gasteiger partial charge in [-0.05, 0) is 62.3 Å². The minimum atomic E-state index is -0.919. The van der Waals surface area contributed by atoms with Crippen molar-refractivity contribution in [3.05, 3.63) is 34.8 Å². The van der Waals surface area contributed by atoms with Gasteiger partial charge in [-0.1, -0.05) is 6.42 Å². The quantitative estimate of drug-likeness (QED) is 0.845. The lowest BCUT2D eigenvalue weighted by atomic mass is 9.97. The second-order valence-electron chi connectivity index (χ2n) is 7.58. The average molecular weight is 372 g/mol. The van der Waals surface area contributed by atoms with Gasteiger partial charge in [-0.15, -0.1) is 0 Å².